The number of carbonyl (C=O) groups excluding carboxylic acids is 3. The molecule has 1 atom stereocenters. The Balaban J connectivity index is 1.61. The van der Waals surface area contributed by atoms with E-state index in [4.69, 9.17) is 0 Å². The molecule has 0 aromatic carbocycles. The summed E-state index contributed by atoms with van der Waals surface area (Å²) in [6.07, 6.45) is 8.42. The van der Waals surface area contributed by atoms with Crippen LogP contribution in [0.2, 0.25) is 0 Å². The predicted molar refractivity (Wildman–Crippen MR) is 83.0 cm³/mol. The van der Waals surface area contributed by atoms with Gasteiger partial charge in [-0.15, -0.1) is 0 Å². The fraction of sp³-hybridized carbons (Fsp3) is 0.812. The van der Waals surface area contributed by atoms with Gasteiger partial charge in [0.1, 0.15) is 6.04 Å². The van der Waals surface area contributed by atoms with Gasteiger partial charge in [-0.2, -0.15) is 0 Å². The number of hydrogen-bond donors (Lipinski definition) is 3. The van der Waals surface area contributed by atoms with Crippen molar-refractivity contribution in [2.75, 3.05) is 6.54 Å². The Morgan fingerprint density at radius 3 is 2.32 bits per heavy atom. The van der Waals surface area contributed by atoms with Gasteiger partial charge < -0.3 is 16.0 Å². The molecule has 0 aliphatic heterocycles. The molecule has 2 aliphatic rings. The minimum absolute atomic E-state index is 0.0296. The van der Waals surface area contributed by atoms with Gasteiger partial charge in [0, 0.05) is 12.5 Å². The van der Waals surface area contributed by atoms with Crippen LogP contribution in [-0.2, 0) is 14.4 Å². The normalized spacial score (nSPS) is 20.0. The number of nitrogens with one attached hydrogen (secondary N) is 3. The first-order valence-corrected chi connectivity index (χ1v) is 8.41. The molecule has 2 saturated carbocycles. The van der Waals surface area contributed by atoms with Crippen LogP contribution in [0.5, 0.6) is 0 Å². The molecule has 2 rings (SSSR count). The molecule has 2 fully saturated rings. The molecule has 0 spiro atoms. The van der Waals surface area contributed by atoms with E-state index in [1.165, 1.54) is 19.3 Å². The molecule has 0 radical (unpaired) electrons. The Bertz CT molecular complexity index is 415. The third kappa shape index (κ3) is 6.03. The molecular formula is C16H27N3O3. The van der Waals surface area contributed by atoms with Gasteiger partial charge in [0.15, 0.2) is 0 Å². The summed E-state index contributed by atoms with van der Waals surface area (Å²) in [6, 6.07) is -0.318. The molecule has 3 amide bonds. The van der Waals surface area contributed by atoms with Crippen molar-refractivity contribution in [1.82, 2.24) is 16.0 Å². The number of rotatable bonds is 7. The summed E-state index contributed by atoms with van der Waals surface area (Å²) in [6.45, 7) is 1.62. The van der Waals surface area contributed by atoms with E-state index in [2.05, 4.69) is 16.0 Å². The largest absolute Gasteiger partial charge is 0.352 e. The van der Waals surface area contributed by atoms with Gasteiger partial charge in [-0.05, 0) is 38.5 Å². The lowest BCUT2D eigenvalue weighted by atomic mass is 9.87. The molecule has 0 bridgehead atoms. The lowest BCUT2D eigenvalue weighted by molar-refractivity contribution is -0.130. The summed E-state index contributed by atoms with van der Waals surface area (Å²) in [5, 5.41) is 8.08. The summed E-state index contributed by atoms with van der Waals surface area (Å²) in [5.41, 5.74) is 0. The minimum Gasteiger partial charge on any atom is -0.352 e. The predicted octanol–water partition coefficient (Wildman–Crippen LogP) is 0.856. The Hall–Kier alpha value is -1.59. The van der Waals surface area contributed by atoms with Crippen molar-refractivity contribution < 1.29 is 14.4 Å². The van der Waals surface area contributed by atoms with Crippen LogP contribution >= 0.6 is 0 Å². The highest BCUT2D eigenvalue weighted by Crippen LogP contribution is 2.26. The van der Waals surface area contributed by atoms with Crippen LogP contribution in [0.1, 0.15) is 58.3 Å². The van der Waals surface area contributed by atoms with E-state index in [-0.39, 0.29) is 30.3 Å². The Kier molecular flexibility index (Phi) is 6.21. The van der Waals surface area contributed by atoms with Gasteiger partial charge in [0.05, 0.1) is 6.54 Å². The average Bonchev–Trinajstić information content (AvgIpc) is 3.29. The van der Waals surface area contributed by atoms with Gasteiger partial charge in [-0.1, -0.05) is 19.3 Å². The van der Waals surface area contributed by atoms with Crippen molar-refractivity contribution in [1.29, 1.82) is 0 Å². The highest BCUT2D eigenvalue weighted by Gasteiger charge is 2.24. The molecule has 0 aromatic rings. The Morgan fingerprint density at radius 2 is 1.68 bits per heavy atom. The van der Waals surface area contributed by atoms with Crippen LogP contribution in [-0.4, -0.2) is 36.3 Å². The fourth-order valence-electron chi connectivity index (χ4n) is 2.85. The standard InChI is InChI=1S/C16H27N3O3/c1-11(16(22)17-10-15(21)19-13-7-8-13)18-14(20)9-12-5-3-2-4-6-12/h11-13H,2-10H2,1H3,(H,17,22)(H,18,20)(H,19,21). The first kappa shape index (κ1) is 16.8. The molecule has 0 saturated heterocycles. The number of amides is 3. The SMILES string of the molecule is CC(NC(=O)CC1CCCCC1)C(=O)NCC(=O)NC1CC1. The number of hydrogen-bond acceptors (Lipinski definition) is 3. The molecule has 2 aliphatic carbocycles. The first-order chi connectivity index (χ1) is 10.5. The topological polar surface area (TPSA) is 87.3 Å². The van der Waals surface area contributed by atoms with Crippen molar-refractivity contribution in [2.45, 2.75) is 70.4 Å². The Labute approximate surface area is 131 Å². The molecule has 1 unspecified atom stereocenters. The van der Waals surface area contributed by atoms with Crippen molar-refractivity contribution in [3.8, 4) is 0 Å². The van der Waals surface area contributed by atoms with Crippen molar-refractivity contribution >= 4 is 17.7 Å². The van der Waals surface area contributed by atoms with Gasteiger partial charge in [0.25, 0.3) is 0 Å². The second kappa shape index (κ2) is 8.15. The highest BCUT2D eigenvalue weighted by atomic mass is 16.2. The summed E-state index contributed by atoms with van der Waals surface area (Å²) >= 11 is 0. The zero-order valence-corrected chi connectivity index (χ0v) is 13.3. The minimum atomic E-state index is -0.607. The molecule has 124 valence electrons. The maximum absolute atomic E-state index is 11.9. The van der Waals surface area contributed by atoms with E-state index >= 15 is 0 Å². The van der Waals surface area contributed by atoms with Gasteiger partial charge in [-0.3, -0.25) is 14.4 Å². The third-order valence-electron chi connectivity index (χ3n) is 4.34. The van der Waals surface area contributed by atoms with Gasteiger partial charge in [-0.25, -0.2) is 0 Å². The Morgan fingerprint density at radius 1 is 1.00 bits per heavy atom. The van der Waals surface area contributed by atoms with Gasteiger partial charge in [0.2, 0.25) is 17.7 Å². The van der Waals surface area contributed by atoms with Crippen LogP contribution in [0.4, 0.5) is 0 Å². The van der Waals surface area contributed by atoms with Crippen LogP contribution in [0.3, 0.4) is 0 Å². The van der Waals surface area contributed by atoms with Crippen molar-refractivity contribution in [2.24, 2.45) is 5.92 Å². The van der Waals surface area contributed by atoms with Crippen LogP contribution < -0.4 is 16.0 Å². The molecule has 6 nitrogen and oxygen atoms in total. The first-order valence-electron chi connectivity index (χ1n) is 8.41. The van der Waals surface area contributed by atoms with E-state index < -0.39 is 6.04 Å². The molecule has 6 heteroatoms. The maximum atomic E-state index is 11.9. The lowest BCUT2D eigenvalue weighted by Crippen LogP contribution is -2.48. The van der Waals surface area contributed by atoms with Crippen LogP contribution in [0, 0.1) is 5.92 Å². The van der Waals surface area contributed by atoms with Crippen LogP contribution in [0.15, 0.2) is 0 Å². The quantitative estimate of drug-likeness (QED) is 0.652. The summed E-state index contributed by atoms with van der Waals surface area (Å²) in [4.78, 5) is 35.3. The second-order valence-corrected chi connectivity index (χ2v) is 6.56. The van der Waals surface area contributed by atoms with Gasteiger partial charge >= 0.3 is 0 Å². The highest BCUT2D eigenvalue weighted by molar-refractivity contribution is 5.90. The molecule has 22 heavy (non-hydrogen) atoms. The summed E-state index contributed by atoms with van der Waals surface area (Å²) < 4.78 is 0. The zero-order chi connectivity index (χ0) is 15.9. The molecule has 0 aromatic heterocycles. The van der Waals surface area contributed by atoms with Crippen molar-refractivity contribution in [3.05, 3.63) is 0 Å². The summed E-state index contributed by atoms with van der Waals surface area (Å²) in [5.74, 6) is -0.107. The molecule has 0 heterocycles. The lowest BCUT2D eigenvalue weighted by Gasteiger charge is -2.22. The average molecular weight is 309 g/mol. The molecule has 3 N–H and O–H groups in total. The monoisotopic (exact) mass is 309 g/mol. The summed E-state index contributed by atoms with van der Waals surface area (Å²) in [7, 11) is 0. The zero-order valence-electron chi connectivity index (χ0n) is 13.3. The molecular weight excluding hydrogens is 282 g/mol. The van der Waals surface area contributed by atoms with E-state index in [0.717, 1.165) is 25.7 Å². The van der Waals surface area contributed by atoms with E-state index in [1.807, 2.05) is 0 Å². The van der Waals surface area contributed by atoms with Crippen LogP contribution in [0.25, 0.3) is 0 Å². The smallest absolute Gasteiger partial charge is 0.242 e. The number of carbonyl (C=O) groups is 3. The maximum Gasteiger partial charge on any atom is 0.242 e. The third-order valence-corrected chi connectivity index (χ3v) is 4.34. The fourth-order valence-corrected chi connectivity index (χ4v) is 2.85. The van der Waals surface area contributed by atoms with E-state index in [1.54, 1.807) is 6.92 Å². The van der Waals surface area contributed by atoms with E-state index in [9.17, 15) is 14.4 Å². The van der Waals surface area contributed by atoms with Crippen molar-refractivity contribution in [3.63, 3.8) is 0 Å². The van der Waals surface area contributed by atoms with E-state index in [0.29, 0.717) is 12.3 Å². The second-order valence-electron chi connectivity index (χ2n) is 6.56.